The summed E-state index contributed by atoms with van der Waals surface area (Å²) in [5.74, 6) is -13.3. The fourth-order valence-electron chi connectivity index (χ4n) is 2.10. The lowest BCUT2D eigenvalue weighted by molar-refractivity contribution is -0.336. The van der Waals surface area contributed by atoms with Crippen LogP contribution in [0.3, 0.4) is 0 Å². The highest BCUT2D eigenvalue weighted by molar-refractivity contribution is 6.03. The molecule has 0 spiro atoms. The van der Waals surface area contributed by atoms with Gasteiger partial charge in [-0.15, -0.1) is 0 Å². The Morgan fingerprint density at radius 2 is 1.21 bits per heavy atom. The van der Waals surface area contributed by atoms with Crippen molar-refractivity contribution in [2.75, 3.05) is 19.5 Å². The van der Waals surface area contributed by atoms with Gasteiger partial charge < -0.3 is 14.8 Å². The van der Waals surface area contributed by atoms with Crippen LogP contribution in [0, 0.1) is 0 Å². The summed E-state index contributed by atoms with van der Waals surface area (Å²) in [6.07, 6.45) is -6.50. The van der Waals surface area contributed by atoms with Crippen LogP contribution < -0.4 is 14.8 Å². The molecule has 29 heavy (non-hydrogen) atoms. The zero-order valence-corrected chi connectivity index (χ0v) is 15.0. The van der Waals surface area contributed by atoms with E-state index in [1.165, 1.54) is 38.5 Å². The summed E-state index contributed by atoms with van der Waals surface area (Å²) < 4.78 is 103. The summed E-state index contributed by atoms with van der Waals surface area (Å²) in [6.45, 7) is 0. The molecule has 0 radical (unpaired) electrons. The second-order valence-corrected chi connectivity index (χ2v) is 5.66. The Morgan fingerprint density at radius 3 is 1.62 bits per heavy atom. The Kier molecular flexibility index (Phi) is 6.29. The van der Waals surface area contributed by atoms with Crippen LogP contribution in [0.2, 0.25) is 0 Å². The Morgan fingerprint density at radius 1 is 0.759 bits per heavy atom. The summed E-state index contributed by atoms with van der Waals surface area (Å²) in [5.41, 5.74) is -0.491. The average Bonchev–Trinajstić information content (AvgIpc) is 2.67. The first-order chi connectivity index (χ1) is 13.4. The highest BCUT2D eigenvalue weighted by atomic mass is 19.4. The number of aliphatic imine (C=N–C) groups is 1. The molecule has 158 valence electrons. The number of nitrogens with one attached hydrogen (secondary N) is 1. The first kappa shape index (κ1) is 22.3. The summed E-state index contributed by atoms with van der Waals surface area (Å²) in [6, 6.07) is 9.72. The molecule has 4 nitrogen and oxygen atoms in total. The number of hydrogen-bond acceptors (Lipinski definition) is 3. The van der Waals surface area contributed by atoms with Gasteiger partial charge in [0.2, 0.25) is 0 Å². The third-order valence-corrected chi connectivity index (χ3v) is 3.71. The molecular weight excluding hydrogens is 409 g/mol. The van der Waals surface area contributed by atoms with Crippen molar-refractivity contribution in [3.8, 4) is 11.5 Å². The van der Waals surface area contributed by atoms with Gasteiger partial charge in [0.05, 0.1) is 19.9 Å². The fraction of sp³-hybridized carbons (Fsp3) is 0.278. The van der Waals surface area contributed by atoms with Crippen molar-refractivity contribution in [1.82, 2.24) is 0 Å². The van der Waals surface area contributed by atoms with E-state index in [-0.39, 0.29) is 11.4 Å². The van der Waals surface area contributed by atoms with Crippen molar-refractivity contribution < 1.29 is 40.2 Å². The third kappa shape index (κ3) is 4.72. The highest BCUT2D eigenvalue weighted by Crippen LogP contribution is 2.47. The van der Waals surface area contributed by atoms with E-state index >= 15 is 0 Å². The van der Waals surface area contributed by atoms with Gasteiger partial charge in [0.15, 0.2) is 5.84 Å². The zero-order chi connectivity index (χ0) is 21.9. The van der Waals surface area contributed by atoms with E-state index < -0.39 is 23.9 Å². The molecule has 0 aliphatic heterocycles. The molecule has 0 aromatic heterocycles. The van der Waals surface area contributed by atoms with Crippen molar-refractivity contribution >= 4 is 17.2 Å². The molecule has 0 saturated heterocycles. The van der Waals surface area contributed by atoms with E-state index in [0.717, 1.165) is 24.3 Å². The molecule has 0 heterocycles. The van der Waals surface area contributed by atoms with Crippen LogP contribution >= 0.6 is 0 Å². The molecule has 11 heteroatoms. The summed E-state index contributed by atoms with van der Waals surface area (Å²) in [5, 5.41) is 1.86. The fourth-order valence-corrected chi connectivity index (χ4v) is 2.10. The molecule has 0 aliphatic carbocycles. The molecule has 1 N–H and O–H groups in total. The molecule has 0 saturated carbocycles. The maximum absolute atomic E-state index is 14.3. The molecule has 0 aliphatic rings. The van der Waals surface area contributed by atoms with Gasteiger partial charge in [0.25, 0.3) is 0 Å². The van der Waals surface area contributed by atoms with Gasteiger partial charge in [-0.1, -0.05) is 0 Å². The van der Waals surface area contributed by atoms with E-state index in [1.807, 2.05) is 5.32 Å². The normalized spacial score (nSPS) is 13.2. The van der Waals surface area contributed by atoms with E-state index in [0.29, 0.717) is 11.5 Å². The lowest BCUT2D eigenvalue weighted by Gasteiger charge is -2.29. The van der Waals surface area contributed by atoms with Crippen LogP contribution in [-0.4, -0.2) is 38.1 Å². The van der Waals surface area contributed by atoms with Crippen LogP contribution in [0.5, 0.6) is 11.5 Å². The highest BCUT2D eigenvalue weighted by Gasteiger charge is 2.75. The Balaban J connectivity index is 2.52. The molecule has 2 aromatic carbocycles. The number of amidine groups is 1. The molecular formula is C18H15F7N2O2. The van der Waals surface area contributed by atoms with Gasteiger partial charge in [0.1, 0.15) is 11.5 Å². The van der Waals surface area contributed by atoms with Crippen LogP contribution in [-0.2, 0) is 0 Å². The van der Waals surface area contributed by atoms with Crippen molar-refractivity contribution in [2.24, 2.45) is 4.99 Å². The van der Waals surface area contributed by atoms with Gasteiger partial charge in [-0.25, -0.2) is 4.99 Å². The second kappa shape index (κ2) is 8.18. The Hall–Kier alpha value is -2.98. The van der Waals surface area contributed by atoms with Crippen LogP contribution in [0.1, 0.15) is 0 Å². The summed E-state index contributed by atoms with van der Waals surface area (Å²) in [7, 11) is 2.66. The first-order valence-electron chi connectivity index (χ1n) is 7.89. The Labute approximate surface area is 161 Å². The van der Waals surface area contributed by atoms with E-state index in [1.54, 1.807) is 0 Å². The number of methoxy groups -OCH3 is 2. The van der Waals surface area contributed by atoms with Crippen molar-refractivity contribution in [3.05, 3.63) is 48.5 Å². The molecule has 0 fully saturated rings. The van der Waals surface area contributed by atoms with Crippen LogP contribution in [0.15, 0.2) is 53.5 Å². The molecule has 0 bridgehead atoms. The quantitative estimate of drug-likeness (QED) is 0.369. The number of benzene rings is 2. The number of nitrogens with zero attached hydrogens (tertiary/aromatic N) is 1. The van der Waals surface area contributed by atoms with Gasteiger partial charge in [0, 0.05) is 5.69 Å². The zero-order valence-electron chi connectivity index (χ0n) is 15.0. The standard InChI is InChI=1S/C18H15F7N2O2/c1-28-13-7-3-11(4-8-13)26-15(16(19,20)17(21,22)18(23,24)25)27-12-5-9-14(29-2)10-6-12/h3-10H,1-2H3,(H,26,27). The SMILES string of the molecule is COc1ccc(N=C(Nc2ccc(OC)cc2)C(F)(F)C(F)(F)C(F)(F)F)cc1. The number of alkyl halides is 7. The van der Waals surface area contributed by atoms with Crippen LogP contribution in [0.4, 0.5) is 42.1 Å². The van der Waals surface area contributed by atoms with Gasteiger partial charge in [-0.2, -0.15) is 30.7 Å². The largest absolute Gasteiger partial charge is 0.497 e. The minimum atomic E-state index is -6.50. The third-order valence-electron chi connectivity index (χ3n) is 3.71. The first-order valence-corrected chi connectivity index (χ1v) is 7.89. The van der Waals surface area contributed by atoms with E-state index in [9.17, 15) is 30.7 Å². The van der Waals surface area contributed by atoms with Crippen molar-refractivity contribution in [3.63, 3.8) is 0 Å². The monoisotopic (exact) mass is 424 g/mol. The average molecular weight is 424 g/mol. The number of rotatable bonds is 6. The predicted molar refractivity (Wildman–Crippen MR) is 92.7 cm³/mol. The minimum absolute atomic E-state index is 0.198. The maximum atomic E-state index is 14.3. The minimum Gasteiger partial charge on any atom is -0.497 e. The van der Waals surface area contributed by atoms with Crippen LogP contribution in [0.25, 0.3) is 0 Å². The molecule has 2 rings (SSSR count). The Bertz CT molecular complexity index is 848. The van der Waals surface area contributed by atoms with Crippen molar-refractivity contribution in [1.29, 1.82) is 0 Å². The number of ether oxygens (including phenoxy) is 2. The van der Waals surface area contributed by atoms with E-state index in [2.05, 4.69) is 4.99 Å². The van der Waals surface area contributed by atoms with Gasteiger partial charge in [-0.3, -0.25) is 0 Å². The molecule has 0 unspecified atom stereocenters. The van der Waals surface area contributed by atoms with Gasteiger partial charge >= 0.3 is 18.0 Å². The van der Waals surface area contributed by atoms with E-state index in [4.69, 9.17) is 9.47 Å². The molecule has 0 atom stereocenters. The lowest BCUT2D eigenvalue weighted by atomic mass is 10.1. The number of halogens is 7. The summed E-state index contributed by atoms with van der Waals surface area (Å²) >= 11 is 0. The second-order valence-electron chi connectivity index (χ2n) is 5.66. The predicted octanol–water partition coefficient (Wildman–Crippen LogP) is 5.68. The topological polar surface area (TPSA) is 42.8 Å². The smallest absolute Gasteiger partial charge is 0.460 e. The number of hydrogen-bond donors (Lipinski definition) is 1. The van der Waals surface area contributed by atoms with Gasteiger partial charge in [-0.05, 0) is 48.5 Å². The summed E-state index contributed by atoms with van der Waals surface area (Å²) in [4.78, 5) is 3.31. The number of anilines is 1. The lowest BCUT2D eigenvalue weighted by Crippen LogP contribution is -2.57. The maximum Gasteiger partial charge on any atom is 0.460 e. The molecule has 0 amide bonds. The van der Waals surface area contributed by atoms with Crippen molar-refractivity contribution in [2.45, 2.75) is 18.0 Å². The molecule has 2 aromatic rings.